The van der Waals surface area contributed by atoms with Crippen LogP contribution in [0.1, 0.15) is 52.8 Å². The normalized spacial score (nSPS) is 16.0. The first-order valence-electron chi connectivity index (χ1n) is 8.33. The van der Waals surface area contributed by atoms with E-state index < -0.39 is 0 Å². The Bertz CT molecular complexity index is 928. The van der Waals surface area contributed by atoms with Gasteiger partial charge < -0.3 is 14.3 Å². The standard InChI is InChI=1S/C18H18N4O3/c1-3-16-21-17(22-25-16)12-4-6-13-11(8-12)5-7-14(13)20-18(23)15-9-19-10(2)24-15/h4,6,8-9,14H,3,5,7H2,1-2H3,(H,20,23)/t14-/m1/s1. The fraction of sp³-hybridized carbons (Fsp3) is 0.333. The molecule has 7 nitrogen and oxygen atoms in total. The first-order chi connectivity index (χ1) is 12.1. The molecular weight excluding hydrogens is 320 g/mol. The summed E-state index contributed by atoms with van der Waals surface area (Å²) in [6.45, 7) is 3.69. The van der Waals surface area contributed by atoms with Crippen LogP contribution >= 0.6 is 0 Å². The van der Waals surface area contributed by atoms with Crippen LogP contribution in [0.2, 0.25) is 0 Å². The summed E-state index contributed by atoms with van der Waals surface area (Å²) in [5.74, 6) is 1.70. The molecule has 0 saturated heterocycles. The number of amides is 1. The summed E-state index contributed by atoms with van der Waals surface area (Å²) in [7, 11) is 0. The average Bonchev–Trinajstić information content (AvgIpc) is 3.34. The smallest absolute Gasteiger partial charge is 0.289 e. The number of oxazole rings is 1. The molecule has 2 aromatic heterocycles. The maximum Gasteiger partial charge on any atom is 0.289 e. The zero-order chi connectivity index (χ0) is 17.4. The molecule has 0 saturated carbocycles. The Morgan fingerprint density at radius 1 is 1.40 bits per heavy atom. The van der Waals surface area contributed by atoms with E-state index in [4.69, 9.17) is 8.94 Å². The predicted molar refractivity (Wildman–Crippen MR) is 88.9 cm³/mol. The van der Waals surface area contributed by atoms with Gasteiger partial charge in [0.1, 0.15) is 0 Å². The minimum atomic E-state index is -0.242. The summed E-state index contributed by atoms with van der Waals surface area (Å²) in [5, 5.41) is 7.03. The maximum atomic E-state index is 12.3. The van der Waals surface area contributed by atoms with Crippen molar-refractivity contribution < 1.29 is 13.7 Å². The molecule has 0 spiro atoms. The molecule has 1 aliphatic carbocycles. The molecule has 2 heterocycles. The molecule has 1 aliphatic rings. The van der Waals surface area contributed by atoms with Crippen molar-refractivity contribution in [2.24, 2.45) is 0 Å². The number of aryl methyl sites for hydroxylation is 3. The number of aromatic nitrogens is 3. The van der Waals surface area contributed by atoms with Crippen LogP contribution in [0.5, 0.6) is 0 Å². The fourth-order valence-electron chi connectivity index (χ4n) is 3.12. The van der Waals surface area contributed by atoms with Crippen LogP contribution in [-0.2, 0) is 12.8 Å². The summed E-state index contributed by atoms with van der Waals surface area (Å²) in [5.41, 5.74) is 3.24. The number of benzene rings is 1. The molecule has 25 heavy (non-hydrogen) atoms. The van der Waals surface area contributed by atoms with Crippen LogP contribution < -0.4 is 5.32 Å². The van der Waals surface area contributed by atoms with Crippen molar-refractivity contribution in [1.82, 2.24) is 20.4 Å². The largest absolute Gasteiger partial charge is 0.436 e. The van der Waals surface area contributed by atoms with E-state index in [0.717, 1.165) is 24.0 Å². The van der Waals surface area contributed by atoms with E-state index in [9.17, 15) is 4.79 Å². The van der Waals surface area contributed by atoms with Gasteiger partial charge in [-0.25, -0.2) is 4.98 Å². The van der Waals surface area contributed by atoms with E-state index in [0.29, 0.717) is 24.0 Å². The third-order valence-corrected chi connectivity index (χ3v) is 4.40. The molecule has 1 atom stereocenters. The van der Waals surface area contributed by atoms with Crippen LogP contribution in [0, 0.1) is 6.92 Å². The Labute approximate surface area is 144 Å². The highest BCUT2D eigenvalue weighted by atomic mass is 16.5. The number of carbonyl (C=O) groups is 1. The van der Waals surface area contributed by atoms with Crippen LogP contribution in [0.15, 0.2) is 33.3 Å². The van der Waals surface area contributed by atoms with E-state index in [1.54, 1.807) is 6.92 Å². The molecular formula is C18H18N4O3. The SMILES string of the molecule is CCc1nc(-c2ccc3c(c2)CC[C@H]3NC(=O)c2cnc(C)o2)no1. The summed E-state index contributed by atoms with van der Waals surface area (Å²) in [6, 6.07) is 6.03. The van der Waals surface area contributed by atoms with Crippen molar-refractivity contribution in [3.63, 3.8) is 0 Å². The lowest BCUT2D eigenvalue weighted by molar-refractivity contribution is 0.0907. The van der Waals surface area contributed by atoms with Crippen LogP contribution in [0.25, 0.3) is 11.4 Å². The molecule has 3 aromatic rings. The Morgan fingerprint density at radius 3 is 3.00 bits per heavy atom. The van der Waals surface area contributed by atoms with Crippen LogP contribution in [0.4, 0.5) is 0 Å². The van der Waals surface area contributed by atoms with Crippen molar-refractivity contribution in [3.8, 4) is 11.4 Å². The summed E-state index contributed by atoms with van der Waals surface area (Å²) >= 11 is 0. The molecule has 4 rings (SSSR count). The number of fused-ring (bicyclic) bond motifs is 1. The number of nitrogens with one attached hydrogen (secondary N) is 1. The van der Waals surface area contributed by atoms with E-state index in [1.165, 1.54) is 11.8 Å². The zero-order valence-corrected chi connectivity index (χ0v) is 14.1. The highest BCUT2D eigenvalue weighted by Gasteiger charge is 2.26. The van der Waals surface area contributed by atoms with E-state index in [2.05, 4.69) is 26.5 Å². The first-order valence-corrected chi connectivity index (χ1v) is 8.33. The molecule has 0 fully saturated rings. The van der Waals surface area contributed by atoms with Crippen molar-refractivity contribution >= 4 is 5.91 Å². The third-order valence-electron chi connectivity index (χ3n) is 4.40. The Balaban J connectivity index is 1.54. The van der Waals surface area contributed by atoms with Gasteiger partial charge in [-0.2, -0.15) is 4.98 Å². The molecule has 0 bridgehead atoms. The molecule has 0 unspecified atom stereocenters. The van der Waals surface area contributed by atoms with Gasteiger partial charge in [-0.1, -0.05) is 24.2 Å². The van der Waals surface area contributed by atoms with Crippen molar-refractivity contribution in [1.29, 1.82) is 0 Å². The molecule has 1 aromatic carbocycles. The Hall–Kier alpha value is -2.96. The number of rotatable bonds is 4. The molecule has 128 valence electrons. The molecule has 0 radical (unpaired) electrons. The van der Waals surface area contributed by atoms with Gasteiger partial charge in [-0.05, 0) is 30.0 Å². The second-order valence-electron chi connectivity index (χ2n) is 6.09. The number of nitrogens with zero attached hydrogens (tertiary/aromatic N) is 3. The third kappa shape index (κ3) is 2.93. The minimum Gasteiger partial charge on any atom is -0.436 e. The van der Waals surface area contributed by atoms with Gasteiger partial charge in [0, 0.05) is 18.9 Å². The molecule has 0 aliphatic heterocycles. The van der Waals surface area contributed by atoms with Gasteiger partial charge in [0.2, 0.25) is 17.5 Å². The Kier molecular flexibility index (Phi) is 3.83. The van der Waals surface area contributed by atoms with Gasteiger partial charge >= 0.3 is 0 Å². The summed E-state index contributed by atoms with van der Waals surface area (Å²) in [6.07, 6.45) is 3.91. The average molecular weight is 338 g/mol. The molecule has 1 N–H and O–H groups in total. The summed E-state index contributed by atoms with van der Waals surface area (Å²) in [4.78, 5) is 20.6. The minimum absolute atomic E-state index is 0.0292. The molecule has 1 amide bonds. The topological polar surface area (TPSA) is 94.1 Å². The monoisotopic (exact) mass is 338 g/mol. The fourth-order valence-corrected chi connectivity index (χ4v) is 3.12. The number of carbonyl (C=O) groups excluding carboxylic acids is 1. The van der Waals surface area contributed by atoms with Gasteiger partial charge in [0.05, 0.1) is 12.2 Å². The number of hydrogen-bond donors (Lipinski definition) is 1. The molecule has 7 heteroatoms. The predicted octanol–water partition coefficient (Wildman–Crippen LogP) is 3.01. The van der Waals surface area contributed by atoms with Gasteiger partial charge in [-0.15, -0.1) is 0 Å². The van der Waals surface area contributed by atoms with Gasteiger partial charge in [-0.3, -0.25) is 4.79 Å². The van der Waals surface area contributed by atoms with Gasteiger partial charge in [0.15, 0.2) is 5.89 Å². The lowest BCUT2D eigenvalue weighted by Gasteiger charge is -2.13. The number of hydrogen-bond acceptors (Lipinski definition) is 6. The van der Waals surface area contributed by atoms with Crippen LogP contribution in [-0.4, -0.2) is 21.0 Å². The van der Waals surface area contributed by atoms with Crippen molar-refractivity contribution in [3.05, 3.63) is 53.1 Å². The van der Waals surface area contributed by atoms with Gasteiger partial charge in [0.25, 0.3) is 5.91 Å². The van der Waals surface area contributed by atoms with E-state index >= 15 is 0 Å². The first kappa shape index (κ1) is 15.6. The zero-order valence-electron chi connectivity index (χ0n) is 14.1. The van der Waals surface area contributed by atoms with E-state index in [1.807, 2.05) is 19.1 Å². The summed E-state index contributed by atoms with van der Waals surface area (Å²) < 4.78 is 10.5. The lowest BCUT2D eigenvalue weighted by atomic mass is 10.0. The lowest BCUT2D eigenvalue weighted by Crippen LogP contribution is -2.26. The van der Waals surface area contributed by atoms with E-state index in [-0.39, 0.29) is 17.7 Å². The second kappa shape index (κ2) is 6.16. The maximum absolute atomic E-state index is 12.3. The van der Waals surface area contributed by atoms with Crippen molar-refractivity contribution in [2.45, 2.75) is 39.2 Å². The van der Waals surface area contributed by atoms with Crippen molar-refractivity contribution in [2.75, 3.05) is 0 Å². The second-order valence-corrected chi connectivity index (χ2v) is 6.09. The Morgan fingerprint density at radius 2 is 2.28 bits per heavy atom. The highest BCUT2D eigenvalue weighted by Crippen LogP contribution is 2.34. The quantitative estimate of drug-likeness (QED) is 0.786. The van der Waals surface area contributed by atoms with Crippen LogP contribution in [0.3, 0.4) is 0 Å². The highest BCUT2D eigenvalue weighted by molar-refractivity contribution is 5.91.